The molecule has 7 heteroatoms. The number of likely N-dealkylation sites (tertiary alicyclic amines) is 1. The van der Waals surface area contributed by atoms with Gasteiger partial charge in [-0.25, -0.2) is 14.3 Å². The van der Waals surface area contributed by atoms with Gasteiger partial charge in [-0.1, -0.05) is 6.07 Å². The third kappa shape index (κ3) is 4.71. The molecule has 0 spiro atoms. The highest BCUT2D eigenvalue weighted by Crippen LogP contribution is 2.32. The molecule has 2 aromatic heterocycles. The number of rotatable bonds is 3. The average molecular weight is 436 g/mol. The maximum absolute atomic E-state index is 12.3. The fourth-order valence-corrected chi connectivity index (χ4v) is 4.48. The summed E-state index contributed by atoms with van der Waals surface area (Å²) in [5, 5.41) is 4.28. The van der Waals surface area contributed by atoms with Crippen molar-refractivity contribution in [1.82, 2.24) is 19.5 Å². The summed E-state index contributed by atoms with van der Waals surface area (Å²) in [5.41, 5.74) is 13.4. The van der Waals surface area contributed by atoms with E-state index < -0.39 is 5.60 Å². The standard InChI is InChI=1S/C25H33N5O2/c1-16-10-19(20-11-17(2)23-27-15-28-30(23)14-20)13-22(26)21(16)12-18-6-8-29(9-7-18)24(31)32-25(3,4)5/h10-11,13-15,18H,6-9,12,26H2,1-5H3. The Labute approximate surface area is 189 Å². The van der Waals surface area contributed by atoms with Gasteiger partial charge in [0.1, 0.15) is 11.9 Å². The van der Waals surface area contributed by atoms with Crippen LogP contribution in [0.3, 0.4) is 0 Å². The minimum Gasteiger partial charge on any atom is -0.444 e. The summed E-state index contributed by atoms with van der Waals surface area (Å²) >= 11 is 0. The predicted octanol–water partition coefficient (Wildman–Crippen LogP) is 4.78. The summed E-state index contributed by atoms with van der Waals surface area (Å²) in [7, 11) is 0. The van der Waals surface area contributed by atoms with Crippen LogP contribution in [-0.2, 0) is 11.2 Å². The number of carbonyl (C=O) groups is 1. The average Bonchev–Trinajstić information content (AvgIpc) is 3.19. The van der Waals surface area contributed by atoms with E-state index in [0.717, 1.165) is 60.4 Å². The molecule has 7 nitrogen and oxygen atoms in total. The van der Waals surface area contributed by atoms with Gasteiger partial charge in [0.05, 0.1) is 0 Å². The Morgan fingerprint density at radius 2 is 1.81 bits per heavy atom. The molecular formula is C25H33N5O2. The van der Waals surface area contributed by atoms with Crippen LogP contribution < -0.4 is 5.73 Å². The highest BCUT2D eigenvalue weighted by molar-refractivity contribution is 5.72. The lowest BCUT2D eigenvalue weighted by atomic mass is 9.87. The summed E-state index contributed by atoms with van der Waals surface area (Å²) in [5.74, 6) is 0.509. The number of fused-ring (bicyclic) bond motifs is 1. The van der Waals surface area contributed by atoms with Crippen molar-refractivity contribution in [2.75, 3.05) is 18.8 Å². The number of ether oxygens (including phenoxy) is 1. The Morgan fingerprint density at radius 3 is 2.47 bits per heavy atom. The molecule has 2 N–H and O–H groups in total. The fraction of sp³-hybridized carbons (Fsp3) is 0.480. The molecule has 1 saturated heterocycles. The minimum atomic E-state index is -0.460. The lowest BCUT2D eigenvalue weighted by molar-refractivity contribution is 0.0184. The monoisotopic (exact) mass is 435 g/mol. The number of aryl methyl sites for hydroxylation is 2. The number of nitrogens with zero attached hydrogens (tertiary/aromatic N) is 4. The maximum atomic E-state index is 12.3. The quantitative estimate of drug-likeness (QED) is 0.598. The van der Waals surface area contributed by atoms with Crippen LogP contribution in [0, 0.1) is 19.8 Å². The van der Waals surface area contributed by atoms with E-state index in [1.807, 2.05) is 43.3 Å². The molecule has 0 aliphatic carbocycles. The first kappa shape index (κ1) is 22.1. The SMILES string of the molecule is Cc1cc(-c2cc(C)c3ncnn3c2)cc(N)c1CC1CCN(C(=O)OC(C)(C)C)CC1. The van der Waals surface area contributed by atoms with Crippen molar-refractivity contribution >= 4 is 17.4 Å². The van der Waals surface area contributed by atoms with Gasteiger partial charge in [-0.05, 0) is 94.2 Å². The topological polar surface area (TPSA) is 85.8 Å². The van der Waals surface area contributed by atoms with Gasteiger partial charge in [0.15, 0.2) is 5.65 Å². The number of nitrogens with two attached hydrogens (primary N) is 1. The van der Waals surface area contributed by atoms with Crippen molar-refractivity contribution in [2.24, 2.45) is 5.92 Å². The molecule has 32 heavy (non-hydrogen) atoms. The molecule has 4 rings (SSSR count). The van der Waals surface area contributed by atoms with E-state index >= 15 is 0 Å². The molecule has 0 unspecified atom stereocenters. The molecule has 1 aromatic carbocycles. The highest BCUT2D eigenvalue weighted by atomic mass is 16.6. The van der Waals surface area contributed by atoms with E-state index in [4.69, 9.17) is 10.5 Å². The van der Waals surface area contributed by atoms with E-state index in [1.54, 1.807) is 6.33 Å². The Kier molecular flexibility index (Phi) is 5.84. The van der Waals surface area contributed by atoms with Crippen molar-refractivity contribution in [2.45, 2.75) is 59.5 Å². The van der Waals surface area contributed by atoms with Crippen molar-refractivity contribution in [3.63, 3.8) is 0 Å². The van der Waals surface area contributed by atoms with Crippen molar-refractivity contribution in [1.29, 1.82) is 0 Å². The van der Waals surface area contributed by atoms with E-state index in [-0.39, 0.29) is 6.09 Å². The predicted molar refractivity (Wildman–Crippen MR) is 127 cm³/mol. The molecule has 1 aliphatic rings. The van der Waals surface area contributed by atoms with Gasteiger partial charge >= 0.3 is 6.09 Å². The van der Waals surface area contributed by atoms with Crippen LogP contribution in [0.2, 0.25) is 0 Å². The van der Waals surface area contributed by atoms with E-state index in [9.17, 15) is 4.79 Å². The number of nitrogen functional groups attached to an aromatic ring is 1. The lowest BCUT2D eigenvalue weighted by Crippen LogP contribution is -2.42. The van der Waals surface area contributed by atoms with Gasteiger partial charge in [-0.2, -0.15) is 5.10 Å². The minimum absolute atomic E-state index is 0.212. The van der Waals surface area contributed by atoms with E-state index in [0.29, 0.717) is 5.92 Å². The maximum Gasteiger partial charge on any atom is 0.410 e. The molecule has 3 heterocycles. The first-order valence-corrected chi connectivity index (χ1v) is 11.3. The lowest BCUT2D eigenvalue weighted by Gasteiger charge is -2.33. The van der Waals surface area contributed by atoms with Crippen LogP contribution >= 0.6 is 0 Å². The molecule has 0 atom stereocenters. The highest BCUT2D eigenvalue weighted by Gasteiger charge is 2.27. The van der Waals surface area contributed by atoms with Crippen LogP contribution in [0.1, 0.15) is 50.3 Å². The number of hydrogen-bond acceptors (Lipinski definition) is 5. The van der Waals surface area contributed by atoms with Gasteiger partial charge in [0.25, 0.3) is 0 Å². The molecule has 1 amide bonds. The zero-order valence-corrected chi connectivity index (χ0v) is 19.7. The first-order chi connectivity index (χ1) is 15.1. The van der Waals surface area contributed by atoms with Crippen molar-refractivity contribution in [3.05, 3.63) is 47.4 Å². The molecular weight excluding hydrogens is 402 g/mol. The molecule has 0 saturated carbocycles. The van der Waals surface area contributed by atoms with Crippen molar-refractivity contribution < 1.29 is 9.53 Å². The third-order valence-corrected chi connectivity index (χ3v) is 6.16. The van der Waals surface area contributed by atoms with Crippen molar-refractivity contribution in [3.8, 4) is 11.1 Å². The smallest absolute Gasteiger partial charge is 0.410 e. The second-order valence-corrected chi connectivity index (χ2v) is 9.92. The molecule has 0 radical (unpaired) electrons. The molecule has 170 valence electrons. The summed E-state index contributed by atoms with van der Waals surface area (Å²) in [6, 6.07) is 6.40. The molecule has 1 aliphatic heterocycles. The Bertz CT molecular complexity index is 1110. The zero-order valence-electron chi connectivity index (χ0n) is 19.7. The number of benzene rings is 1. The van der Waals surface area contributed by atoms with E-state index in [1.165, 1.54) is 11.1 Å². The van der Waals surface area contributed by atoms with Gasteiger partial charge in [-0.3, -0.25) is 0 Å². The van der Waals surface area contributed by atoms with Crippen LogP contribution in [0.5, 0.6) is 0 Å². The summed E-state index contributed by atoms with van der Waals surface area (Å²) in [6.07, 6.45) is 6.21. The Hall–Kier alpha value is -3.09. The van der Waals surface area contributed by atoms with E-state index in [2.05, 4.69) is 35.2 Å². The summed E-state index contributed by atoms with van der Waals surface area (Å²) < 4.78 is 7.32. The fourth-order valence-electron chi connectivity index (χ4n) is 4.48. The molecule has 0 bridgehead atoms. The van der Waals surface area contributed by atoms with Crippen LogP contribution in [0.25, 0.3) is 16.8 Å². The normalized spacial score (nSPS) is 15.3. The van der Waals surface area contributed by atoms with Crippen LogP contribution in [-0.4, -0.2) is 44.3 Å². The second-order valence-electron chi connectivity index (χ2n) is 9.92. The summed E-state index contributed by atoms with van der Waals surface area (Å²) in [4.78, 5) is 18.4. The number of anilines is 1. The number of piperidine rings is 1. The van der Waals surface area contributed by atoms with Gasteiger partial charge in [-0.15, -0.1) is 0 Å². The van der Waals surface area contributed by atoms with Gasteiger partial charge < -0.3 is 15.4 Å². The third-order valence-electron chi connectivity index (χ3n) is 6.16. The number of pyridine rings is 1. The van der Waals surface area contributed by atoms with Crippen LogP contribution in [0.15, 0.2) is 30.7 Å². The second kappa shape index (κ2) is 8.45. The number of carbonyl (C=O) groups excluding carboxylic acids is 1. The van der Waals surface area contributed by atoms with Gasteiger partial charge in [0, 0.05) is 30.5 Å². The first-order valence-electron chi connectivity index (χ1n) is 11.3. The summed E-state index contributed by atoms with van der Waals surface area (Å²) in [6.45, 7) is 11.3. The Balaban J connectivity index is 1.46. The zero-order chi connectivity index (χ0) is 23.0. The molecule has 1 fully saturated rings. The van der Waals surface area contributed by atoms with Crippen LogP contribution in [0.4, 0.5) is 10.5 Å². The molecule has 3 aromatic rings. The number of aromatic nitrogens is 3. The Morgan fingerprint density at radius 1 is 1.12 bits per heavy atom. The number of amides is 1. The van der Waals surface area contributed by atoms with Gasteiger partial charge in [0.2, 0.25) is 0 Å². The largest absolute Gasteiger partial charge is 0.444 e. The number of hydrogen-bond donors (Lipinski definition) is 1.